The molecule has 2 aromatic carbocycles. The SMILES string of the molecule is CCn1c(-c2cc(NC(=O)Cc3ccccc3Cl)n[nH]2)cc2ccccc21. The van der Waals surface area contributed by atoms with E-state index in [1.807, 2.05) is 36.4 Å². The van der Waals surface area contributed by atoms with Crippen LogP contribution in [0.4, 0.5) is 5.82 Å². The van der Waals surface area contributed by atoms with Gasteiger partial charge >= 0.3 is 0 Å². The van der Waals surface area contributed by atoms with Gasteiger partial charge in [0.25, 0.3) is 0 Å². The first kappa shape index (κ1) is 17.4. The number of para-hydroxylation sites is 1. The van der Waals surface area contributed by atoms with Crippen LogP contribution in [-0.2, 0) is 17.8 Å². The summed E-state index contributed by atoms with van der Waals surface area (Å²) in [6, 6.07) is 19.6. The van der Waals surface area contributed by atoms with Crippen molar-refractivity contribution < 1.29 is 4.79 Å². The summed E-state index contributed by atoms with van der Waals surface area (Å²) in [5.41, 5.74) is 3.87. The number of fused-ring (bicyclic) bond motifs is 1. The lowest BCUT2D eigenvalue weighted by atomic mass is 10.1. The third kappa shape index (κ3) is 3.46. The number of aromatic amines is 1. The molecular formula is C21H19ClN4O. The number of hydrogen-bond acceptors (Lipinski definition) is 2. The van der Waals surface area contributed by atoms with Crippen molar-refractivity contribution >= 4 is 34.2 Å². The number of amides is 1. The highest BCUT2D eigenvalue weighted by Crippen LogP contribution is 2.28. The summed E-state index contributed by atoms with van der Waals surface area (Å²) in [4.78, 5) is 12.3. The smallest absolute Gasteiger partial charge is 0.230 e. The number of aryl methyl sites for hydroxylation is 1. The van der Waals surface area contributed by atoms with Gasteiger partial charge in [-0.1, -0.05) is 48.0 Å². The molecule has 0 saturated heterocycles. The summed E-state index contributed by atoms with van der Waals surface area (Å²) in [5, 5.41) is 11.9. The Morgan fingerprint density at radius 3 is 2.74 bits per heavy atom. The van der Waals surface area contributed by atoms with Crippen molar-refractivity contribution in [3.63, 3.8) is 0 Å². The fourth-order valence-corrected chi connectivity index (χ4v) is 3.50. The lowest BCUT2D eigenvalue weighted by Crippen LogP contribution is -2.14. The maximum Gasteiger partial charge on any atom is 0.230 e. The van der Waals surface area contributed by atoms with E-state index < -0.39 is 0 Å². The Labute approximate surface area is 162 Å². The van der Waals surface area contributed by atoms with Crippen molar-refractivity contribution in [3.05, 3.63) is 71.2 Å². The minimum absolute atomic E-state index is 0.155. The number of nitrogens with zero attached hydrogens (tertiary/aromatic N) is 2. The Balaban J connectivity index is 1.55. The summed E-state index contributed by atoms with van der Waals surface area (Å²) in [6.07, 6.45) is 0.205. The maximum absolute atomic E-state index is 12.3. The van der Waals surface area contributed by atoms with Gasteiger partial charge in [0, 0.05) is 28.5 Å². The Morgan fingerprint density at radius 2 is 1.93 bits per heavy atom. The molecule has 0 bridgehead atoms. The van der Waals surface area contributed by atoms with Gasteiger partial charge in [0.2, 0.25) is 5.91 Å². The van der Waals surface area contributed by atoms with Gasteiger partial charge in [-0.15, -0.1) is 0 Å². The minimum atomic E-state index is -0.155. The van der Waals surface area contributed by atoms with Crippen molar-refractivity contribution in [2.45, 2.75) is 19.9 Å². The Kier molecular flexibility index (Phi) is 4.69. The zero-order valence-corrected chi connectivity index (χ0v) is 15.6. The summed E-state index contributed by atoms with van der Waals surface area (Å²) < 4.78 is 2.22. The first-order chi connectivity index (χ1) is 13.2. The molecule has 5 nitrogen and oxygen atoms in total. The molecule has 0 saturated carbocycles. The second-order valence-electron chi connectivity index (χ2n) is 6.32. The fourth-order valence-electron chi connectivity index (χ4n) is 3.29. The molecule has 27 heavy (non-hydrogen) atoms. The van der Waals surface area contributed by atoms with Gasteiger partial charge in [-0.3, -0.25) is 9.89 Å². The van der Waals surface area contributed by atoms with Crippen molar-refractivity contribution in [3.8, 4) is 11.4 Å². The monoisotopic (exact) mass is 378 g/mol. The van der Waals surface area contributed by atoms with E-state index in [4.69, 9.17) is 11.6 Å². The van der Waals surface area contributed by atoms with E-state index in [0.717, 1.165) is 23.5 Å². The molecule has 0 atom stereocenters. The molecule has 6 heteroatoms. The highest BCUT2D eigenvalue weighted by Gasteiger charge is 2.13. The number of nitrogens with one attached hydrogen (secondary N) is 2. The number of rotatable bonds is 5. The van der Waals surface area contributed by atoms with Gasteiger partial charge in [0.1, 0.15) is 0 Å². The molecule has 2 N–H and O–H groups in total. The van der Waals surface area contributed by atoms with Crippen LogP contribution in [0.3, 0.4) is 0 Å². The first-order valence-electron chi connectivity index (χ1n) is 8.83. The second kappa shape index (κ2) is 7.29. The third-order valence-electron chi connectivity index (χ3n) is 4.56. The number of anilines is 1. The number of aromatic nitrogens is 3. The van der Waals surface area contributed by atoms with E-state index in [9.17, 15) is 4.79 Å². The quantitative estimate of drug-likeness (QED) is 0.519. The molecule has 2 aromatic heterocycles. The molecule has 2 heterocycles. The van der Waals surface area contributed by atoms with E-state index >= 15 is 0 Å². The average molecular weight is 379 g/mol. The van der Waals surface area contributed by atoms with Gasteiger partial charge in [0.15, 0.2) is 5.82 Å². The van der Waals surface area contributed by atoms with Crippen LogP contribution >= 0.6 is 11.6 Å². The lowest BCUT2D eigenvalue weighted by molar-refractivity contribution is -0.115. The van der Waals surface area contributed by atoms with Crippen molar-refractivity contribution in [2.24, 2.45) is 0 Å². The number of carbonyl (C=O) groups is 1. The molecule has 0 unspecified atom stereocenters. The molecule has 0 spiro atoms. The minimum Gasteiger partial charge on any atom is -0.340 e. The summed E-state index contributed by atoms with van der Waals surface area (Å²) in [5.74, 6) is 0.340. The molecule has 1 amide bonds. The van der Waals surface area contributed by atoms with E-state index in [-0.39, 0.29) is 12.3 Å². The van der Waals surface area contributed by atoms with E-state index in [0.29, 0.717) is 10.8 Å². The van der Waals surface area contributed by atoms with Gasteiger partial charge in [-0.05, 0) is 30.7 Å². The fraction of sp³-hybridized carbons (Fsp3) is 0.143. The molecule has 136 valence electrons. The number of H-pyrrole nitrogens is 1. The summed E-state index contributed by atoms with van der Waals surface area (Å²) in [7, 11) is 0. The topological polar surface area (TPSA) is 62.7 Å². The zero-order valence-electron chi connectivity index (χ0n) is 14.9. The van der Waals surface area contributed by atoms with Crippen LogP contribution < -0.4 is 5.32 Å². The molecule has 0 fully saturated rings. The number of hydrogen-bond donors (Lipinski definition) is 2. The first-order valence-corrected chi connectivity index (χ1v) is 9.21. The normalized spacial score (nSPS) is 11.0. The predicted molar refractivity (Wildman–Crippen MR) is 109 cm³/mol. The van der Waals surface area contributed by atoms with Crippen LogP contribution in [0.15, 0.2) is 60.7 Å². The number of halogens is 1. The highest BCUT2D eigenvalue weighted by atomic mass is 35.5. The van der Waals surface area contributed by atoms with E-state index in [1.54, 1.807) is 6.07 Å². The highest BCUT2D eigenvalue weighted by molar-refractivity contribution is 6.31. The van der Waals surface area contributed by atoms with Crippen molar-refractivity contribution in [1.82, 2.24) is 14.8 Å². The van der Waals surface area contributed by atoms with E-state index in [2.05, 4.69) is 45.2 Å². The van der Waals surface area contributed by atoms with Gasteiger partial charge < -0.3 is 9.88 Å². The zero-order chi connectivity index (χ0) is 18.8. The van der Waals surface area contributed by atoms with E-state index in [1.165, 1.54) is 10.9 Å². The number of benzene rings is 2. The molecule has 0 aliphatic carbocycles. The van der Waals surface area contributed by atoms with Crippen molar-refractivity contribution in [1.29, 1.82) is 0 Å². The largest absolute Gasteiger partial charge is 0.340 e. The van der Waals surface area contributed by atoms with Crippen LogP contribution in [-0.4, -0.2) is 20.7 Å². The predicted octanol–water partition coefficient (Wildman–Crippen LogP) is 4.89. The standard InChI is InChI=1S/C21H19ClN4O/c1-2-26-18-10-6-4-8-15(18)11-19(26)17-13-20(25-24-17)23-21(27)12-14-7-3-5-9-16(14)22/h3-11,13H,2,12H2,1H3,(H2,23,24,25,27). The Morgan fingerprint density at radius 1 is 1.15 bits per heavy atom. The molecule has 0 radical (unpaired) electrons. The third-order valence-corrected chi connectivity index (χ3v) is 4.93. The molecular weight excluding hydrogens is 360 g/mol. The molecule has 0 aliphatic heterocycles. The van der Waals surface area contributed by atoms with Crippen LogP contribution in [0, 0.1) is 0 Å². The van der Waals surface area contributed by atoms with Crippen molar-refractivity contribution in [2.75, 3.05) is 5.32 Å². The second-order valence-corrected chi connectivity index (χ2v) is 6.72. The van der Waals surface area contributed by atoms with Gasteiger partial charge in [-0.25, -0.2) is 0 Å². The maximum atomic E-state index is 12.3. The van der Waals surface area contributed by atoms with Gasteiger partial charge in [0.05, 0.1) is 17.8 Å². The molecule has 4 rings (SSSR count). The molecule has 4 aromatic rings. The lowest BCUT2D eigenvalue weighted by Gasteiger charge is -2.05. The number of carbonyl (C=O) groups excluding carboxylic acids is 1. The average Bonchev–Trinajstić information content (AvgIpc) is 3.27. The van der Waals surface area contributed by atoms with Gasteiger partial charge in [-0.2, -0.15) is 5.10 Å². The van der Waals surface area contributed by atoms with Crippen LogP contribution in [0.2, 0.25) is 5.02 Å². The van der Waals surface area contributed by atoms with Crippen LogP contribution in [0.25, 0.3) is 22.3 Å². The Hall–Kier alpha value is -3.05. The summed E-state index contributed by atoms with van der Waals surface area (Å²) >= 11 is 6.12. The Bertz CT molecular complexity index is 1110. The summed E-state index contributed by atoms with van der Waals surface area (Å²) in [6.45, 7) is 2.95. The molecule has 0 aliphatic rings. The van der Waals surface area contributed by atoms with Crippen LogP contribution in [0.1, 0.15) is 12.5 Å². The van der Waals surface area contributed by atoms with Crippen LogP contribution in [0.5, 0.6) is 0 Å².